The van der Waals surface area contributed by atoms with E-state index in [-0.39, 0.29) is 5.91 Å². The summed E-state index contributed by atoms with van der Waals surface area (Å²) in [6.45, 7) is 3.08. The Morgan fingerprint density at radius 3 is 3.29 bits per heavy atom. The van der Waals surface area contributed by atoms with E-state index in [0.29, 0.717) is 12.1 Å². The standard InChI is InChI=1S/C14H17N5OS/c1-21-14-12(3-2-4-16-14)13(20)17-8-10-7-11-9-15-5-6-19(11)18-10/h2-4,7,15H,5-6,8-9H2,1H3,(H,17,20). The van der Waals surface area contributed by atoms with Gasteiger partial charge < -0.3 is 10.6 Å². The van der Waals surface area contributed by atoms with E-state index in [4.69, 9.17) is 0 Å². The Labute approximate surface area is 127 Å². The number of nitrogens with one attached hydrogen (secondary N) is 2. The van der Waals surface area contributed by atoms with Gasteiger partial charge in [-0.25, -0.2) is 4.98 Å². The number of aromatic nitrogens is 3. The number of hydrogen-bond donors (Lipinski definition) is 2. The van der Waals surface area contributed by atoms with Crippen LogP contribution in [0.15, 0.2) is 29.4 Å². The van der Waals surface area contributed by atoms with E-state index in [1.54, 1.807) is 18.3 Å². The molecule has 0 bridgehead atoms. The highest BCUT2D eigenvalue weighted by Crippen LogP contribution is 2.16. The number of carbonyl (C=O) groups is 1. The highest BCUT2D eigenvalue weighted by atomic mass is 32.2. The fourth-order valence-electron chi connectivity index (χ4n) is 2.33. The topological polar surface area (TPSA) is 71.8 Å². The van der Waals surface area contributed by atoms with E-state index in [1.165, 1.54) is 11.8 Å². The Bertz CT molecular complexity index is 631. The third-order valence-electron chi connectivity index (χ3n) is 3.36. The van der Waals surface area contributed by atoms with Gasteiger partial charge in [0.05, 0.1) is 30.0 Å². The van der Waals surface area contributed by atoms with E-state index < -0.39 is 0 Å². The number of pyridine rings is 1. The average molecular weight is 303 g/mol. The number of amides is 1. The van der Waals surface area contributed by atoms with Gasteiger partial charge in [0.1, 0.15) is 5.03 Å². The Kier molecular flexibility index (Phi) is 4.21. The van der Waals surface area contributed by atoms with E-state index >= 15 is 0 Å². The number of rotatable bonds is 4. The number of thioether (sulfide) groups is 1. The van der Waals surface area contributed by atoms with Crippen LogP contribution in [0.4, 0.5) is 0 Å². The van der Waals surface area contributed by atoms with Crippen molar-refractivity contribution in [2.45, 2.75) is 24.7 Å². The molecule has 0 atom stereocenters. The molecule has 1 aliphatic rings. The Morgan fingerprint density at radius 2 is 2.48 bits per heavy atom. The molecule has 1 aliphatic heterocycles. The molecule has 6 nitrogen and oxygen atoms in total. The van der Waals surface area contributed by atoms with Crippen molar-refractivity contribution in [3.05, 3.63) is 41.3 Å². The maximum atomic E-state index is 12.2. The summed E-state index contributed by atoms with van der Waals surface area (Å²) in [4.78, 5) is 16.4. The lowest BCUT2D eigenvalue weighted by atomic mass is 10.2. The third-order valence-corrected chi connectivity index (χ3v) is 4.07. The van der Waals surface area contributed by atoms with Gasteiger partial charge in [-0.05, 0) is 24.5 Å². The number of nitrogens with zero attached hydrogens (tertiary/aromatic N) is 3. The van der Waals surface area contributed by atoms with Crippen molar-refractivity contribution in [3.63, 3.8) is 0 Å². The van der Waals surface area contributed by atoms with Crippen molar-refractivity contribution < 1.29 is 4.79 Å². The lowest BCUT2D eigenvalue weighted by molar-refractivity contribution is 0.0946. The predicted octanol–water partition coefficient (Wildman–Crippen LogP) is 1.03. The second kappa shape index (κ2) is 6.28. The molecule has 0 fully saturated rings. The number of fused-ring (bicyclic) bond motifs is 1. The van der Waals surface area contributed by atoms with Crippen molar-refractivity contribution in [1.82, 2.24) is 25.4 Å². The minimum absolute atomic E-state index is 0.114. The van der Waals surface area contributed by atoms with Gasteiger partial charge in [-0.1, -0.05) is 0 Å². The SMILES string of the molecule is CSc1ncccc1C(=O)NCc1cc2n(n1)CCNC2. The van der Waals surface area contributed by atoms with Crippen molar-refractivity contribution in [1.29, 1.82) is 0 Å². The van der Waals surface area contributed by atoms with Gasteiger partial charge in [-0.15, -0.1) is 11.8 Å². The monoisotopic (exact) mass is 303 g/mol. The zero-order chi connectivity index (χ0) is 14.7. The van der Waals surface area contributed by atoms with Crippen LogP contribution in [0.2, 0.25) is 0 Å². The minimum Gasteiger partial charge on any atom is -0.346 e. The second-order valence-corrected chi connectivity index (χ2v) is 5.56. The predicted molar refractivity (Wildman–Crippen MR) is 81.1 cm³/mol. The first-order chi connectivity index (χ1) is 10.3. The number of carbonyl (C=O) groups excluding carboxylic acids is 1. The minimum atomic E-state index is -0.114. The molecule has 0 spiro atoms. The number of hydrogen-bond acceptors (Lipinski definition) is 5. The van der Waals surface area contributed by atoms with E-state index in [2.05, 4.69) is 20.7 Å². The fourth-order valence-corrected chi connectivity index (χ4v) is 2.88. The molecule has 0 radical (unpaired) electrons. The van der Waals surface area contributed by atoms with Crippen molar-refractivity contribution in [2.24, 2.45) is 0 Å². The Hall–Kier alpha value is -1.86. The molecular weight excluding hydrogens is 286 g/mol. The Balaban J connectivity index is 1.67. The largest absolute Gasteiger partial charge is 0.346 e. The van der Waals surface area contributed by atoms with Gasteiger partial charge in [-0.3, -0.25) is 9.48 Å². The summed E-state index contributed by atoms with van der Waals surface area (Å²) in [6.07, 6.45) is 3.61. The first-order valence-corrected chi connectivity index (χ1v) is 8.04. The molecule has 2 aromatic heterocycles. The van der Waals surface area contributed by atoms with Gasteiger partial charge in [-0.2, -0.15) is 5.10 Å². The maximum absolute atomic E-state index is 12.2. The summed E-state index contributed by atoms with van der Waals surface area (Å²) in [7, 11) is 0. The molecule has 2 aromatic rings. The smallest absolute Gasteiger partial charge is 0.254 e. The molecule has 1 amide bonds. The van der Waals surface area contributed by atoms with Gasteiger partial charge in [0, 0.05) is 19.3 Å². The third kappa shape index (κ3) is 3.08. The first-order valence-electron chi connectivity index (χ1n) is 6.81. The van der Waals surface area contributed by atoms with Crippen molar-refractivity contribution in [2.75, 3.05) is 12.8 Å². The van der Waals surface area contributed by atoms with Crippen LogP contribution in [-0.2, 0) is 19.6 Å². The summed E-state index contributed by atoms with van der Waals surface area (Å²) >= 11 is 1.47. The normalized spacial score (nSPS) is 13.8. The second-order valence-electron chi connectivity index (χ2n) is 4.77. The van der Waals surface area contributed by atoms with Crippen LogP contribution < -0.4 is 10.6 Å². The first kappa shape index (κ1) is 14.1. The quantitative estimate of drug-likeness (QED) is 0.826. The highest BCUT2D eigenvalue weighted by Gasteiger charge is 2.14. The summed E-state index contributed by atoms with van der Waals surface area (Å²) in [5, 5.41) is 11.5. The summed E-state index contributed by atoms with van der Waals surface area (Å²) < 4.78 is 2.00. The summed E-state index contributed by atoms with van der Waals surface area (Å²) in [6, 6.07) is 5.59. The molecule has 0 saturated carbocycles. The molecule has 0 aliphatic carbocycles. The van der Waals surface area contributed by atoms with Crippen LogP contribution in [0.1, 0.15) is 21.7 Å². The lowest BCUT2D eigenvalue weighted by Crippen LogP contribution is -2.28. The Morgan fingerprint density at radius 1 is 1.57 bits per heavy atom. The van der Waals surface area contributed by atoms with Crippen LogP contribution in [-0.4, -0.2) is 33.5 Å². The lowest BCUT2D eigenvalue weighted by Gasteiger charge is -2.13. The van der Waals surface area contributed by atoms with E-state index in [0.717, 1.165) is 36.0 Å². The van der Waals surface area contributed by atoms with Gasteiger partial charge in [0.15, 0.2) is 0 Å². The van der Waals surface area contributed by atoms with Gasteiger partial charge in [0.25, 0.3) is 5.91 Å². The molecule has 110 valence electrons. The molecule has 0 aromatic carbocycles. The van der Waals surface area contributed by atoms with Crippen LogP contribution in [0.5, 0.6) is 0 Å². The summed E-state index contributed by atoms with van der Waals surface area (Å²) in [5.74, 6) is -0.114. The molecule has 7 heteroatoms. The van der Waals surface area contributed by atoms with Crippen LogP contribution in [0, 0.1) is 0 Å². The fraction of sp³-hybridized carbons (Fsp3) is 0.357. The van der Waals surface area contributed by atoms with Crippen molar-refractivity contribution >= 4 is 17.7 Å². The molecule has 3 heterocycles. The molecule has 2 N–H and O–H groups in total. The molecule has 0 unspecified atom stereocenters. The van der Waals surface area contributed by atoms with Gasteiger partial charge in [0.2, 0.25) is 0 Å². The van der Waals surface area contributed by atoms with E-state index in [9.17, 15) is 4.79 Å². The maximum Gasteiger partial charge on any atom is 0.254 e. The van der Waals surface area contributed by atoms with Gasteiger partial charge >= 0.3 is 0 Å². The molecular formula is C14H17N5OS. The molecule has 3 rings (SSSR count). The highest BCUT2D eigenvalue weighted by molar-refractivity contribution is 7.98. The molecule has 0 saturated heterocycles. The molecule has 21 heavy (non-hydrogen) atoms. The zero-order valence-corrected chi connectivity index (χ0v) is 12.6. The zero-order valence-electron chi connectivity index (χ0n) is 11.8. The van der Waals surface area contributed by atoms with E-state index in [1.807, 2.05) is 17.0 Å². The van der Waals surface area contributed by atoms with Crippen LogP contribution in [0.25, 0.3) is 0 Å². The average Bonchev–Trinajstić information content (AvgIpc) is 2.95. The summed E-state index contributed by atoms with van der Waals surface area (Å²) in [5.41, 5.74) is 2.66. The van der Waals surface area contributed by atoms with Crippen LogP contribution in [0.3, 0.4) is 0 Å². The van der Waals surface area contributed by atoms with Crippen LogP contribution >= 0.6 is 11.8 Å². The van der Waals surface area contributed by atoms with Crippen molar-refractivity contribution in [3.8, 4) is 0 Å².